The summed E-state index contributed by atoms with van der Waals surface area (Å²) in [5, 5.41) is 9.79. The van der Waals surface area contributed by atoms with E-state index in [0.717, 1.165) is 30.5 Å². The zero-order chi connectivity index (χ0) is 19.6. The number of benzene rings is 2. The number of carboxylic acid groups (broad SMARTS) is 1. The molecule has 1 heterocycles. The number of nitrogens with zero attached hydrogens (tertiary/aromatic N) is 2. The number of carbonyl (C=O) groups excluding carboxylic acids is 1. The molecule has 1 aliphatic heterocycles. The van der Waals surface area contributed by atoms with Crippen LogP contribution in [0, 0.1) is 11.3 Å². The van der Waals surface area contributed by atoms with Crippen LogP contribution >= 0.6 is 0 Å². The Balaban J connectivity index is 1.51. The van der Waals surface area contributed by atoms with Crippen molar-refractivity contribution in [3.05, 3.63) is 66.2 Å². The summed E-state index contributed by atoms with van der Waals surface area (Å²) in [4.78, 5) is 29.0. The second-order valence-electron chi connectivity index (χ2n) is 8.02. The van der Waals surface area contributed by atoms with E-state index in [1.54, 1.807) is 4.90 Å². The Morgan fingerprint density at radius 3 is 2.39 bits per heavy atom. The molecule has 5 heteroatoms. The molecule has 1 amide bonds. The summed E-state index contributed by atoms with van der Waals surface area (Å²) in [7, 11) is 0. The van der Waals surface area contributed by atoms with Gasteiger partial charge >= 0.3 is 5.97 Å². The van der Waals surface area contributed by atoms with Crippen molar-refractivity contribution in [3.63, 3.8) is 0 Å². The number of carboxylic acids is 1. The number of hydrogen-bond acceptors (Lipinski definition) is 3. The SMILES string of the molecule is O=C(CN1C[C@@H]2CCC[C@@]2(C(=O)O)C1)N(Cc1ccccc1)c1ccccc1. The van der Waals surface area contributed by atoms with Crippen LogP contribution in [-0.4, -0.2) is 41.5 Å². The number of likely N-dealkylation sites (tertiary alicyclic amines) is 1. The standard InChI is InChI=1S/C23H26N2O3/c26-21(16-24-15-19-10-7-13-23(19,17-24)22(27)28)25(20-11-5-2-6-12-20)14-18-8-3-1-4-9-18/h1-6,8-9,11-12,19H,7,10,13-17H2,(H,27,28)/t19-,23+/m0/s1. The molecule has 1 saturated carbocycles. The normalized spacial score (nSPS) is 24.1. The molecule has 0 unspecified atom stereocenters. The molecule has 2 atom stereocenters. The minimum atomic E-state index is -0.700. The minimum absolute atomic E-state index is 0.00978. The fourth-order valence-corrected chi connectivity index (χ4v) is 4.84. The molecule has 1 aliphatic carbocycles. The zero-order valence-electron chi connectivity index (χ0n) is 16.0. The molecule has 146 valence electrons. The summed E-state index contributed by atoms with van der Waals surface area (Å²) in [6.45, 7) is 1.94. The first-order chi connectivity index (χ1) is 13.6. The fraction of sp³-hybridized carbons (Fsp3) is 0.391. The lowest BCUT2D eigenvalue weighted by molar-refractivity contribution is -0.149. The molecule has 28 heavy (non-hydrogen) atoms. The Kier molecular flexibility index (Phi) is 5.18. The van der Waals surface area contributed by atoms with Crippen LogP contribution in [0.25, 0.3) is 0 Å². The van der Waals surface area contributed by atoms with E-state index in [2.05, 4.69) is 0 Å². The summed E-state index contributed by atoms with van der Waals surface area (Å²) in [5.41, 5.74) is 1.28. The first-order valence-corrected chi connectivity index (χ1v) is 9.93. The van der Waals surface area contributed by atoms with Gasteiger partial charge in [0.15, 0.2) is 0 Å². The van der Waals surface area contributed by atoms with Gasteiger partial charge in [0.25, 0.3) is 0 Å². The molecule has 0 radical (unpaired) electrons. The predicted octanol–water partition coefficient (Wildman–Crippen LogP) is 3.41. The third-order valence-electron chi connectivity index (χ3n) is 6.28. The molecular weight excluding hydrogens is 352 g/mol. The quantitative estimate of drug-likeness (QED) is 0.837. The Hall–Kier alpha value is -2.66. The van der Waals surface area contributed by atoms with E-state index in [-0.39, 0.29) is 18.4 Å². The van der Waals surface area contributed by atoms with E-state index in [9.17, 15) is 14.7 Å². The minimum Gasteiger partial charge on any atom is -0.481 e. The summed E-state index contributed by atoms with van der Waals surface area (Å²) >= 11 is 0. The summed E-state index contributed by atoms with van der Waals surface area (Å²) in [6, 6.07) is 19.6. The molecule has 2 aromatic rings. The number of hydrogen-bond donors (Lipinski definition) is 1. The van der Waals surface area contributed by atoms with Crippen LogP contribution in [0.2, 0.25) is 0 Å². The first-order valence-electron chi connectivity index (χ1n) is 9.93. The number of fused-ring (bicyclic) bond motifs is 1. The van der Waals surface area contributed by atoms with Gasteiger partial charge in [-0.05, 0) is 36.5 Å². The average Bonchev–Trinajstić information content (AvgIpc) is 3.25. The lowest BCUT2D eigenvalue weighted by atomic mass is 9.81. The van der Waals surface area contributed by atoms with Gasteiger partial charge in [0, 0.05) is 18.8 Å². The maximum Gasteiger partial charge on any atom is 0.311 e. The van der Waals surface area contributed by atoms with Crippen molar-refractivity contribution in [2.24, 2.45) is 11.3 Å². The van der Waals surface area contributed by atoms with E-state index in [1.807, 2.05) is 65.6 Å². The van der Waals surface area contributed by atoms with Crippen molar-refractivity contribution < 1.29 is 14.7 Å². The largest absolute Gasteiger partial charge is 0.481 e. The molecular formula is C23H26N2O3. The van der Waals surface area contributed by atoms with Gasteiger partial charge in [-0.1, -0.05) is 55.0 Å². The van der Waals surface area contributed by atoms with Crippen LogP contribution in [0.4, 0.5) is 5.69 Å². The number of amides is 1. The van der Waals surface area contributed by atoms with Gasteiger partial charge in [-0.3, -0.25) is 14.5 Å². The van der Waals surface area contributed by atoms with E-state index >= 15 is 0 Å². The molecule has 1 saturated heterocycles. The molecule has 2 aromatic carbocycles. The Morgan fingerprint density at radius 2 is 1.75 bits per heavy atom. The third-order valence-corrected chi connectivity index (χ3v) is 6.28. The second kappa shape index (κ2) is 7.76. The lowest BCUT2D eigenvalue weighted by Gasteiger charge is -2.27. The lowest BCUT2D eigenvalue weighted by Crippen LogP contribution is -2.41. The van der Waals surface area contributed by atoms with Crippen molar-refractivity contribution >= 4 is 17.6 Å². The molecule has 2 fully saturated rings. The van der Waals surface area contributed by atoms with Crippen molar-refractivity contribution in [2.75, 3.05) is 24.5 Å². The first kappa shape index (κ1) is 18.7. The van der Waals surface area contributed by atoms with Crippen LogP contribution in [0.5, 0.6) is 0 Å². The number of aliphatic carboxylic acids is 1. The van der Waals surface area contributed by atoms with Crippen molar-refractivity contribution in [2.45, 2.75) is 25.8 Å². The van der Waals surface area contributed by atoms with Gasteiger partial charge in [-0.25, -0.2) is 0 Å². The van der Waals surface area contributed by atoms with Gasteiger partial charge in [-0.2, -0.15) is 0 Å². The third kappa shape index (κ3) is 3.54. The van der Waals surface area contributed by atoms with Gasteiger partial charge in [0.1, 0.15) is 0 Å². The fourth-order valence-electron chi connectivity index (χ4n) is 4.84. The topological polar surface area (TPSA) is 60.9 Å². The number of carbonyl (C=O) groups is 2. The van der Waals surface area contributed by atoms with Crippen LogP contribution in [0.15, 0.2) is 60.7 Å². The van der Waals surface area contributed by atoms with E-state index in [4.69, 9.17) is 0 Å². The highest BCUT2D eigenvalue weighted by molar-refractivity contribution is 5.94. The van der Waals surface area contributed by atoms with Crippen molar-refractivity contribution in [3.8, 4) is 0 Å². The van der Waals surface area contributed by atoms with Crippen LogP contribution < -0.4 is 4.90 Å². The molecule has 0 aromatic heterocycles. The van der Waals surface area contributed by atoms with Crippen LogP contribution in [-0.2, 0) is 16.1 Å². The van der Waals surface area contributed by atoms with Crippen molar-refractivity contribution in [1.29, 1.82) is 0 Å². The number of anilines is 1. The van der Waals surface area contributed by atoms with E-state index in [0.29, 0.717) is 19.6 Å². The predicted molar refractivity (Wildman–Crippen MR) is 108 cm³/mol. The Morgan fingerprint density at radius 1 is 1.07 bits per heavy atom. The van der Waals surface area contributed by atoms with Crippen LogP contribution in [0.3, 0.4) is 0 Å². The van der Waals surface area contributed by atoms with E-state index in [1.165, 1.54) is 0 Å². The number of rotatable bonds is 6. The monoisotopic (exact) mass is 378 g/mol. The maximum absolute atomic E-state index is 13.2. The second-order valence-corrected chi connectivity index (χ2v) is 8.02. The molecule has 0 spiro atoms. The van der Waals surface area contributed by atoms with E-state index < -0.39 is 11.4 Å². The highest BCUT2D eigenvalue weighted by atomic mass is 16.4. The molecule has 4 rings (SSSR count). The Bertz CT molecular complexity index is 839. The molecule has 2 aliphatic rings. The maximum atomic E-state index is 13.2. The van der Waals surface area contributed by atoms with Crippen LogP contribution in [0.1, 0.15) is 24.8 Å². The van der Waals surface area contributed by atoms with Gasteiger partial charge in [0.05, 0.1) is 18.5 Å². The van der Waals surface area contributed by atoms with Gasteiger partial charge in [-0.15, -0.1) is 0 Å². The summed E-state index contributed by atoms with van der Waals surface area (Å²) in [5.74, 6) is -0.526. The molecule has 1 N–H and O–H groups in total. The number of para-hydroxylation sites is 1. The van der Waals surface area contributed by atoms with Gasteiger partial charge < -0.3 is 10.0 Å². The highest BCUT2D eigenvalue weighted by Crippen LogP contribution is 2.48. The summed E-state index contributed by atoms with van der Waals surface area (Å²) in [6.07, 6.45) is 2.65. The molecule has 5 nitrogen and oxygen atoms in total. The highest BCUT2D eigenvalue weighted by Gasteiger charge is 2.54. The Labute approximate surface area is 165 Å². The smallest absolute Gasteiger partial charge is 0.311 e. The van der Waals surface area contributed by atoms with Gasteiger partial charge in [0.2, 0.25) is 5.91 Å². The van der Waals surface area contributed by atoms with Crippen molar-refractivity contribution in [1.82, 2.24) is 4.90 Å². The molecule has 0 bridgehead atoms. The summed E-state index contributed by atoms with van der Waals surface area (Å²) < 4.78 is 0. The zero-order valence-corrected chi connectivity index (χ0v) is 16.0. The average molecular weight is 378 g/mol.